The molecule has 6 nitrogen and oxygen atoms in total. The Labute approximate surface area is 180 Å². The third-order valence-corrected chi connectivity index (χ3v) is 4.95. The van der Waals surface area contributed by atoms with Crippen LogP contribution in [-0.2, 0) is 0 Å². The smallest absolute Gasteiger partial charge is 0.339 e. The van der Waals surface area contributed by atoms with Gasteiger partial charge in [-0.1, -0.05) is 63.7 Å². The molecule has 0 aliphatic carbocycles. The van der Waals surface area contributed by atoms with E-state index in [1.807, 2.05) is 0 Å². The van der Waals surface area contributed by atoms with Gasteiger partial charge in [-0.25, -0.2) is 10.2 Å². The summed E-state index contributed by atoms with van der Waals surface area (Å²) in [6, 6.07) is 9.43. The van der Waals surface area contributed by atoms with Gasteiger partial charge >= 0.3 is 6.03 Å². The highest BCUT2D eigenvalue weighted by Crippen LogP contribution is 2.39. The van der Waals surface area contributed by atoms with Crippen LogP contribution in [0.25, 0.3) is 11.3 Å². The lowest BCUT2D eigenvalue weighted by Gasteiger charge is -2.08. The number of anilines is 1. The highest BCUT2D eigenvalue weighted by molar-refractivity contribution is 6.39. The maximum absolute atomic E-state index is 12.2. The Balaban J connectivity index is 1.79. The number of benzene rings is 2. The minimum Gasteiger partial charge on any atom is -0.359 e. The van der Waals surface area contributed by atoms with E-state index < -0.39 is 6.03 Å². The molecule has 144 valence electrons. The molecule has 28 heavy (non-hydrogen) atoms. The first kappa shape index (κ1) is 20.5. The van der Waals surface area contributed by atoms with Gasteiger partial charge in [-0.15, -0.1) is 0 Å². The van der Waals surface area contributed by atoms with Crippen LogP contribution in [0.5, 0.6) is 0 Å². The maximum atomic E-state index is 12.2. The van der Waals surface area contributed by atoms with Crippen molar-refractivity contribution in [2.24, 2.45) is 5.10 Å². The molecule has 3 aromatic rings. The van der Waals surface area contributed by atoms with Crippen LogP contribution in [0, 0.1) is 6.92 Å². The van der Waals surface area contributed by atoms with Crippen LogP contribution >= 0.6 is 46.4 Å². The molecule has 2 aromatic carbocycles. The predicted molar refractivity (Wildman–Crippen MR) is 113 cm³/mol. The zero-order valence-electron chi connectivity index (χ0n) is 14.3. The normalized spacial score (nSPS) is 11.0. The van der Waals surface area contributed by atoms with Gasteiger partial charge in [0, 0.05) is 11.1 Å². The minimum atomic E-state index is -0.629. The number of hydrazone groups is 1. The first-order chi connectivity index (χ1) is 13.4. The molecular formula is C18H12Cl4N4O2. The van der Waals surface area contributed by atoms with Crippen molar-refractivity contribution in [1.29, 1.82) is 0 Å². The second-order valence-electron chi connectivity index (χ2n) is 5.52. The molecule has 0 saturated heterocycles. The predicted octanol–water partition coefficient (Wildman–Crippen LogP) is 6.42. The molecule has 2 N–H and O–H groups in total. The summed E-state index contributed by atoms with van der Waals surface area (Å²) < 4.78 is 5.18. The molecule has 0 saturated carbocycles. The number of aryl methyl sites for hydroxylation is 1. The van der Waals surface area contributed by atoms with Gasteiger partial charge in [-0.05, 0) is 31.2 Å². The highest BCUT2D eigenvalue weighted by atomic mass is 35.5. The van der Waals surface area contributed by atoms with E-state index in [2.05, 4.69) is 21.0 Å². The number of aromatic nitrogens is 1. The summed E-state index contributed by atoms with van der Waals surface area (Å²) in [5.74, 6) is 0.374. The number of nitrogens with zero attached hydrogens (tertiary/aromatic N) is 2. The van der Waals surface area contributed by atoms with Gasteiger partial charge in [0.25, 0.3) is 0 Å². The number of hydrogen-bond donors (Lipinski definition) is 2. The average molecular weight is 458 g/mol. The number of rotatable bonds is 4. The lowest BCUT2D eigenvalue weighted by molar-refractivity contribution is 0.252. The van der Waals surface area contributed by atoms with Crippen molar-refractivity contribution in [1.82, 2.24) is 10.6 Å². The molecule has 0 unspecified atom stereocenters. The van der Waals surface area contributed by atoms with Crippen LogP contribution in [0.15, 0.2) is 46.0 Å². The molecule has 0 atom stereocenters. The van der Waals surface area contributed by atoms with E-state index in [1.165, 1.54) is 6.21 Å². The van der Waals surface area contributed by atoms with Crippen LogP contribution in [-0.4, -0.2) is 17.4 Å². The Kier molecular flexibility index (Phi) is 6.46. The molecule has 0 fully saturated rings. The number of halogens is 4. The molecule has 0 bridgehead atoms. The Morgan fingerprint density at radius 3 is 2.21 bits per heavy atom. The van der Waals surface area contributed by atoms with Crippen LogP contribution in [0.1, 0.15) is 11.3 Å². The molecular weight excluding hydrogens is 446 g/mol. The molecule has 3 rings (SSSR count). The summed E-state index contributed by atoms with van der Waals surface area (Å²) in [7, 11) is 0. The summed E-state index contributed by atoms with van der Waals surface area (Å²) >= 11 is 24.5. The summed E-state index contributed by atoms with van der Waals surface area (Å²) in [5.41, 5.74) is 3.88. The van der Waals surface area contributed by atoms with Gasteiger partial charge in [0.05, 0.1) is 26.3 Å². The van der Waals surface area contributed by atoms with Crippen molar-refractivity contribution in [3.63, 3.8) is 0 Å². The van der Waals surface area contributed by atoms with Gasteiger partial charge in [0.1, 0.15) is 11.4 Å². The molecule has 0 aliphatic rings. The molecule has 10 heteroatoms. The quantitative estimate of drug-likeness (QED) is 0.350. The number of urea groups is 1. The number of nitrogens with one attached hydrogen (secondary N) is 2. The van der Waals surface area contributed by atoms with E-state index in [1.54, 1.807) is 43.3 Å². The molecule has 1 aromatic heterocycles. The van der Waals surface area contributed by atoms with Crippen LogP contribution < -0.4 is 10.7 Å². The third-order valence-electron chi connectivity index (χ3n) is 3.66. The van der Waals surface area contributed by atoms with Crippen molar-refractivity contribution in [3.05, 3.63) is 67.8 Å². The van der Waals surface area contributed by atoms with E-state index in [0.717, 1.165) is 0 Å². The maximum Gasteiger partial charge on any atom is 0.339 e. The van der Waals surface area contributed by atoms with Crippen LogP contribution in [0.4, 0.5) is 10.5 Å². The molecule has 0 aliphatic heterocycles. The fraction of sp³-hybridized carbons (Fsp3) is 0.0556. The number of carbonyl (C=O) groups is 1. The zero-order valence-corrected chi connectivity index (χ0v) is 17.3. The number of carbonyl (C=O) groups excluding carboxylic acids is 1. The molecule has 1 heterocycles. The summed E-state index contributed by atoms with van der Waals surface area (Å²) in [6.07, 6.45) is 1.34. The van der Waals surface area contributed by atoms with Gasteiger partial charge in [0.15, 0.2) is 5.76 Å². The highest BCUT2D eigenvalue weighted by Gasteiger charge is 2.21. The minimum absolute atomic E-state index is 0.307. The van der Waals surface area contributed by atoms with E-state index in [9.17, 15) is 4.79 Å². The third kappa shape index (κ3) is 4.42. The zero-order chi connectivity index (χ0) is 20.3. The van der Waals surface area contributed by atoms with Gasteiger partial charge < -0.3 is 9.84 Å². The Bertz CT molecular complexity index is 1030. The lowest BCUT2D eigenvalue weighted by atomic mass is 10.1. The largest absolute Gasteiger partial charge is 0.359 e. The van der Waals surface area contributed by atoms with E-state index >= 15 is 0 Å². The van der Waals surface area contributed by atoms with Crippen molar-refractivity contribution in [2.75, 3.05) is 5.32 Å². The second kappa shape index (κ2) is 8.84. The van der Waals surface area contributed by atoms with Crippen molar-refractivity contribution < 1.29 is 9.32 Å². The van der Waals surface area contributed by atoms with E-state index in [0.29, 0.717) is 48.4 Å². The Morgan fingerprint density at radius 1 is 1.04 bits per heavy atom. The fourth-order valence-corrected chi connectivity index (χ4v) is 3.42. The fourth-order valence-electron chi connectivity index (χ4n) is 2.35. The monoisotopic (exact) mass is 456 g/mol. The van der Waals surface area contributed by atoms with E-state index in [4.69, 9.17) is 50.9 Å². The summed E-state index contributed by atoms with van der Waals surface area (Å²) in [4.78, 5) is 12.2. The van der Waals surface area contributed by atoms with Crippen LogP contribution in [0.2, 0.25) is 20.1 Å². The Hall–Kier alpha value is -2.25. The summed E-state index contributed by atoms with van der Waals surface area (Å²) in [6.45, 7) is 1.64. The van der Waals surface area contributed by atoms with Gasteiger partial charge in [0.2, 0.25) is 0 Å². The second-order valence-corrected chi connectivity index (χ2v) is 7.15. The topological polar surface area (TPSA) is 79.5 Å². The summed E-state index contributed by atoms with van der Waals surface area (Å²) in [5, 5.41) is 12.0. The SMILES string of the molecule is Cc1onc(-c2c(Cl)cccc2Cl)c1NC(=O)N/N=C/c1c(Cl)cccc1Cl. The van der Waals surface area contributed by atoms with E-state index in [-0.39, 0.29) is 0 Å². The molecule has 0 radical (unpaired) electrons. The van der Waals surface area contributed by atoms with Gasteiger partial charge in [-0.2, -0.15) is 5.10 Å². The standard InChI is InChI=1S/C18H12Cl4N4O2/c1-9-16(17(26-28-9)15-13(21)6-3-7-14(15)22)24-18(27)25-23-8-10-11(19)4-2-5-12(10)20/h2-8H,1H3,(H2,24,25,27)/b23-8+. The average Bonchev–Trinajstić information content (AvgIpc) is 2.98. The number of amides is 2. The molecule has 0 spiro atoms. The lowest BCUT2D eigenvalue weighted by Crippen LogP contribution is -2.24. The Morgan fingerprint density at radius 2 is 1.61 bits per heavy atom. The first-order valence-corrected chi connectivity index (χ1v) is 9.34. The van der Waals surface area contributed by atoms with Crippen molar-refractivity contribution >= 4 is 64.3 Å². The van der Waals surface area contributed by atoms with Gasteiger partial charge in [-0.3, -0.25) is 0 Å². The number of hydrogen-bond acceptors (Lipinski definition) is 4. The van der Waals surface area contributed by atoms with Crippen molar-refractivity contribution in [3.8, 4) is 11.3 Å². The first-order valence-electron chi connectivity index (χ1n) is 7.83. The van der Waals surface area contributed by atoms with Crippen molar-refractivity contribution in [2.45, 2.75) is 6.92 Å². The molecule has 2 amide bonds. The van der Waals surface area contributed by atoms with Crippen LogP contribution in [0.3, 0.4) is 0 Å².